The Labute approximate surface area is 189 Å². The maximum Gasteiger partial charge on any atom is 0.261 e. The molecule has 31 heavy (non-hydrogen) atoms. The van der Waals surface area contributed by atoms with Crippen molar-refractivity contribution in [2.45, 2.75) is 4.90 Å². The monoisotopic (exact) mass is 480 g/mol. The summed E-state index contributed by atoms with van der Waals surface area (Å²) in [4.78, 5) is 12.6. The van der Waals surface area contributed by atoms with Crippen LogP contribution < -0.4 is 19.5 Å². The summed E-state index contributed by atoms with van der Waals surface area (Å²) in [5.41, 5.74) is 0.835. The van der Waals surface area contributed by atoms with Gasteiger partial charge in [0.2, 0.25) is 0 Å². The van der Waals surface area contributed by atoms with Gasteiger partial charge in [-0.3, -0.25) is 9.52 Å². The van der Waals surface area contributed by atoms with Gasteiger partial charge in [-0.1, -0.05) is 35.3 Å². The van der Waals surface area contributed by atoms with E-state index in [0.29, 0.717) is 17.2 Å². The Kier molecular flexibility index (Phi) is 6.94. The molecule has 0 heterocycles. The molecule has 2 N–H and O–H groups in total. The van der Waals surface area contributed by atoms with Gasteiger partial charge < -0.3 is 14.8 Å². The molecule has 0 fully saturated rings. The highest BCUT2D eigenvalue weighted by Gasteiger charge is 2.19. The maximum atomic E-state index is 12.6. The standard InChI is InChI=1S/C21H18Cl2N2O5S/c1-29-18-8-3-5-15(20(18)30-2)21(26)24-13-9-11-14(12-10-13)31(27,28)25-17-7-4-6-16(22)19(17)23/h3-12,25H,1-2H3,(H,24,26). The van der Waals surface area contributed by atoms with Crippen LogP contribution in [0.25, 0.3) is 0 Å². The molecule has 0 spiro atoms. The molecular formula is C21H18Cl2N2O5S. The maximum absolute atomic E-state index is 12.6. The molecule has 0 aliphatic heterocycles. The molecule has 1 amide bonds. The van der Waals surface area contributed by atoms with E-state index in [0.717, 1.165) is 0 Å². The number of nitrogens with one attached hydrogen (secondary N) is 2. The first-order valence-corrected chi connectivity index (χ1v) is 11.1. The van der Waals surface area contributed by atoms with E-state index in [1.54, 1.807) is 30.3 Å². The summed E-state index contributed by atoms with van der Waals surface area (Å²) in [6.07, 6.45) is 0. The van der Waals surface area contributed by atoms with Gasteiger partial charge >= 0.3 is 0 Å². The van der Waals surface area contributed by atoms with Crippen LogP contribution >= 0.6 is 23.2 Å². The third kappa shape index (κ3) is 5.04. The summed E-state index contributed by atoms with van der Waals surface area (Å²) in [5.74, 6) is 0.279. The van der Waals surface area contributed by atoms with Gasteiger partial charge in [0.25, 0.3) is 15.9 Å². The van der Waals surface area contributed by atoms with Gasteiger partial charge in [0.1, 0.15) is 0 Å². The number of para-hydroxylation sites is 1. The normalized spacial score (nSPS) is 11.0. The van der Waals surface area contributed by atoms with Crippen LogP contribution in [0.5, 0.6) is 11.5 Å². The van der Waals surface area contributed by atoms with Crippen molar-refractivity contribution in [3.05, 3.63) is 76.3 Å². The van der Waals surface area contributed by atoms with Crippen LogP contribution in [-0.4, -0.2) is 28.5 Å². The number of carbonyl (C=O) groups is 1. The Morgan fingerprint density at radius 1 is 0.903 bits per heavy atom. The molecule has 0 radical (unpaired) electrons. The molecule has 7 nitrogen and oxygen atoms in total. The molecule has 0 aliphatic rings. The van der Waals surface area contributed by atoms with Crippen molar-refractivity contribution in [1.82, 2.24) is 0 Å². The zero-order valence-corrected chi connectivity index (χ0v) is 18.8. The molecule has 0 aromatic heterocycles. The van der Waals surface area contributed by atoms with Crippen LogP contribution in [0.4, 0.5) is 11.4 Å². The number of hydrogen-bond acceptors (Lipinski definition) is 5. The zero-order valence-electron chi connectivity index (χ0n) is 16.5. The van der Waals surface area contributed by atoms with E-state index in [9.17, 15) is 13.2 Å². The fraction of sp³-hybridized carbons (Fsp3) is 0.0952. The van der Waals surface area contributed by atoms with Crippen molar-refractivity contribution >= 4 is 50.5 Å². The van der Waals surface area contributed by atoms with Crippen LogP contribution in [0.2, 0.25) is 10.0 Å². The lowest BCUT2D eigenvalue weighted by molar-refractivity contribution is 0.102. The van der Waals surface area contributed by atoms with E-state index < -0.39 is 15.9 Å². The summed E-state index contributed by atoms with van der Waals surface area (Å²) >= 11 is 12.0. The molecule has 3 aromatic rings. The third-order valence-electron chi connectivity index (χ3n) is 4.27. The lowest BCUT2D eigenvalue weighted by Gasteiger charge is -2.13. The molecule has 0 aliphatic carbocycles. The molecule has 10 heteroatoms. The fourth-order valence-electron chi connectivity index (χ4n) is 2.77. The van der Waals surface area contributed by atoms with E-state index in [2.05, 4.69) is 10.0 Å². The van der Waals surface area contributed by atoms with Crippen molar-refractivity contribution in [3.63, 3.8) is 0 Å². The lowest BCUT2D eigenvalue weighted by atomic mass is 10.1. The molecule has 162 valence electrons. The van der Waals surface area contributed by atoms with E-state index in [1.165, 1.54) is 44.6 Å². The van der Waals surface area contributed by atoms with Gasteiger partial charge in [-0.05, 0) is 48.5 Å². The number of anilines is 2. The second kappa shape index (κ2) is 9.47. The highest BCUT2D eigenvalue weighted by molar-refractivity contribution is 7.92. The van der Waals surface area contributed by atoms with Crippen molar-refractivity contribution in [2.24, 2.45) is 0 Å². The topological polar surface area (TPSA) is 93.7 Å². The fourth-order valence-corrected chi connectivity index (χ4v) is 4.24. The molecule has 0 atom stereocenters. The SMILES string of the molecule is COc1cccc(C(=O)Nc2ccc(S(=O)(=O)Nc3cccc(Cl)c3Cl)cc2)c1OC. The Hall–Kier alpha value is -2.94. The van der Waals surface area contributed by atoms with Gasteiger partial charge in [0.15, 0.2) is 11.5 Å². The van der Waals surface area contributed by atoms with E-state index in [4.69, 9.17) is 32.7 Å². The van der Waals surface area contributed by atoms with E-state index in [1.807, 2.05) is 0 Å². The predicted molar refractivity (Wildman–Crippen MR) is 121 cm³/mol. The number of ether oxygens (including phenoxy) is 2. The van der Waals surface area contributed by atoms with Gasteiger partial charge in [0, 0.05) is 5.69 Å². The summed E-state index contributed by atoms with van der Waals surface area (Å²) in [6.45, 7) is 0. The van der Waals surface area contributed by atoms with Gasteiger partial charge in [-0.15, -0.1) is 0 Å². The van der Waals surface area contributed by atoms with Gasteiger partial charge in [0.05, 0.1) is 40.4 Å². The average molecular weight is 481 g/mol. The molecule has 0 unspecified atom stereocenters. The van der Waals surface area contributed by atoms with Crippen LogP contribution in [0.1, 0.15) is 10.4 Å². The molecular weight excluding hydrogens is 463 g/mol. The number of hydrogen-bond donors (Lipinski definition) is 2. The number of benzene rings is 3. The van der Waals surface area contributed by atoms with E-state index >= 15 is 0 Å². The van der Waals surface area contributed by atoms with Crippen molar-refractivity contribution in [2.75, 3.05) is 24.3 Å². The zero-order chi connectivity index (χ0) is 22.6. The summed E-state index contributed by atoms with van der Waals surface area (Å²) in [5, 5.41) is 3.03. The Bertz CT molecular complexity index is 1210. The second-order valence-corrected chi connectivity index (χ2v) is 8.69. The van der Waals surface area contributed by atoms with Gasteiger partial charge in [-0.25, -0.2) is 8.42 Å². The quantitative estimate of drug-likeness (QED) is 0.492. The molecule has 3 rings (SSSR count). The minimum absolute atomic E-state index is 0.0134. The minimum atomic E-state index is -3.91. The number of halogens is 2. The minimum Gasteiger partial charge on any atom is -0.493 e. The molecule has 0 saturated heterocycles. The first-order chi connectivity index (χ1) is 14.8. The number of sulfonamides is 1. The first-order valence-electron chi connectivity index (χ1n) is 8.86. The summed E-state index contributed by atoms with van der Waals surface area (Å²) < 4.78 is 38.2. The number of rotatable bonds is 7. The summed E-state index contributed by atoms with van der Waals surface area (Å²) in [7, 11) is -0.999. The highest BCUT2D eigenvalue weighted by atomic mass is 35.5. The average Bonchev–Trinajstić information content (AvgIpc) is 2.76. The molecule has 3 aromatic carbocycles. The summed E-state index contributed by atoms with van der Waals surface area (Å²) in [6, 6.07) is 15.2. The van der Waals surface area contributed by atoms with Crippen molar-refractivity contribution in [1.29, 1.82) is 0 Å². The molecule has 0 saturated carbocycles. The number of amides is 1. The first kappa shape index (κ1) is 22.7. The van der Waals surface area contributed by atoms with E-state index in [-0.39, 0.29) is 26.2 Å². The van der Waals surface area contributed by atoms with Crippen LogP contribution in [-0.2, 0) is 10.0 Å². The third-order valence-corrected chi connectivity index (χ3v) is 6.47. The number of methoxy groups -OCH3 is 2. The Morgan fingerprint density at radius 3 is 2.23 bits per heavy atom. The smallest absolute Gasteiger partial charge is 0.261 e. The van der Waals surface area contributed by atoms with Crippen LogP contribution in [0, 0.1) is 0 Å². The molecule has 0 bridgehead atoms. The predicted octanol–water partition coefficient (Wildman–Crippen LogP) is 5.06. The van der Waals surface area contributed by atoms with Crippen LogP contribution in [0.3, 0.4) is 0 Å². The Morgan fingerprint density at radius 2 is 1.58 bits per heavy atom. The number of carbonyl (C=O) groups excluding carboxylic acids is 1. The van der Waals surface area contributed by atoms with Gasteiger partial charge in [-0.2, -0.15) is 0 Å². The van der Waals surface area contributed by atoms with Crippen molar-refractivity contribution in [3.8, 4) is 11.5 Å². The van der Waals surface area contributed by atoms with Crippen molar-refractivity contribution < 1.29 is 22.7 Å². The lowest BCUT2D eigenvalue weighted by Crippen LogP contribution is -2.15. The largest absolute Gasteiger partial charge is 0.493 e. The highest BCUT2D eigenvalue weighted by Crippen LogP contribution is 2.32. The second-order valence-electron chi connectivity index (χ2n) is 6.23. The van der Waals surface area contributed by atoms with Crippen LogP contribution in [0.15, 0.2) is 65.6 Å². The Balaban J connectivity index is 1.79.